The lowest BCUT2D eigenvalue weighted by Crippen LogP contribution is -2.54. The highest BCUT2D eigenvalue weighted by Gasteiger charge is 2.31. The van der Waals surface area contributed by atoms with Gasteiger partial charge in [-0.3, -0.25) is 9.69 Å². The zero-order chi connectivity index (χ0) is 15.5. The number of piperazine rings is 1. The monoisotopic (exact) mass is 297 g/mol. The number of amides is 2. The Hall–Kier alpha value is -1.30. The lowest BCUT2D eigenvalue weighted by Gasteiger charge is -2.41. The Morgan fingerprint density at radius 2 is 1.48 bits per heavy atom. The molecule has 0 aliphatic carbocycles. The minimum Gasteiger partial charge on any atom is -0.481 e. The highest BCUT2D eigenvalue weighted by Crippen LogP contribution is 2.30. The van der Waals surface area contributed by atoms with E-state index in [4.69, 9.17) is 5.11 Å². The van der Waals surface area contributed by atoms with Gasteiger partial charge in [-0.1, -0.05) is 13.8 Å². The van der Waals surface area contributed by atoms with Crippen LogP contribution in [0.15, 0.2) is 0 Å². The van der Waals surface area contributed by atoms with Crippen LogP contribution in [0.25, 0.3) is 0 Å². The number of carboxylic acids is 1. The highest BCUT2D eigenvalue weighted by molar-refractivity contribution is 5.74. The number of carboxylic acid groups (broad SMARTS) is 1. The van der Waals surface area contributed by atoms with Crippen LogP contribution in [-0.4, -0.2) is 77.6 Å². The average Bonchev–Trinajstić information content (AvgIpc) is 2.45. The van der Waals surface area contributed by atoms with Crippen LogP contribution in [0.2, 0.25) is 0 Å². The molecular weight excluding hydrogens is 270 g/mol. The molecule has 2 saturated heterocycles. The summed E-state index contributed by atoms with van der Waals surface area (Å²) in [5, 5.41) is 8.70. The molecule has 21 heavy (non-hydrogen) atoms. The summed E-state index contributed by atoms with van der Waals surface area (Å²) < 4.78 is 0. The molecule has 2 fully saturated rings. The maximum atomic E-state index is 12.5. The summed E-state index contributed by atoms with van der Waals surface area (Å²) in [4.78, 5) is 29.1. The number of aliphatic carboxylic acids is 1. The van der Waals surface area contributed by atoms with Gasteiger partial charge in [0.05, 0.1) is 6.42 Å². The molecule has 0 aromatic rings. The van der Waals surface area contributed by atoms with Gasteiger partial charge in [-0.05, 0) is 18.3 Å². The first-order valence-electron chi connectivity index (χ1n) is 7.85. The third-order valence-corrected chi connectivity index (χ3v) is 4.67. The van der Waals surface area contributed by atoms with Gasteiger partial charge >= 0.3 is 12.0 Å². The maximum Gasteiger partial charge on any atom is 0.320 e. The third-order valence-electron chi connectivity index (χ3n) is 4.67. The van der Waals surface area contributed by atoms with Crippen LogP contribution < -0.4 is 0 Å². The molecule has 0 bridgehead atoms. The molecule has 2 aliphatic rings. The zero-order valence-electron chi connectivity index (χ0n) is 13.2. The fraction of sp³-hybridized carbons (Fsp3) is 0.867. The van der Waals surface area contributed by atoms with Crippen LogP contribution in [0.4, 0.5) is 4.79 Å². The molecule has 2 heterocycles. The number of carbonyl (C=O) groups excluding carboxylic acids is 1. The fourth-order valence-corrected chi connectivity index (χ4v) is 2.92. The van der Waals surface area contributed by atoms with Crippen LogP contribution in [0, 0.1) is 5.41 Å². The van der Waals surface area contributed by atoms with Crippen LogP contribution in [0.3, 0.4) is 0 Å². The number of hydrogen-bond acceptors (Lipinski definition) is 3. The number of urea groups is 1. The van der Waals surface area contributed by atoms with Gasteiger partial charge in [-0.25, -0.2) is 4.79 Å². The van der Waals surface area contributed by atoms with E-state index in [9.17, 15) is 9.59 Å². The second kappa shape index (κ2) is 6.64. The third kappa shape index (κ3) is 4.59. The predicted octanol–water partition coefficient (Wildman–Crippen LogP) is 1.32. The fourth-order valence-electron chi connectivity index (χ4n) is 2.92. The Balaban J connectivity index is 1.74. The van der Waals surface area contributed by atoms with E-state index in [-0.39, 0.29) is 12.5 Å². The van der Waals surface area contributed by atoms with Crippen molar-refractivity contribution in [2.24, 2.45) is 5.41 Å². The summed E-state index contributed by atoms with van der Waals surface area (Å²) in [5.41, 5.74) is 0.353. The van der Waals surface area contributed by atoms with Crippen molar-refractivity contribution in [2.45, 2.75) is 33.1 Å². The lowest BCUT2D eigenvalue weighted by molar-refractivity contribution is -0.137. The molecule has 0 radical (unpaired) electrons. The molecule has 120 valence electrons. The molecule has 2 amide bonds. The molecule has 0 spiro atoms. The normalized spacial score (nSPS) is 23.1. The smallest absolute Gasteiger partial charge is 0.320 e. The van der Waals surface area contributed by atoms with E-state index >= 15 is 0 Å². The van der Waals surface area contributed by atoms with Crippen molar-refractivity contribution in [3.8, 4) is 0 Å². The Bertz CT molecular complexity index is 380. The minimum atomic E-state index is -0.760. The number of rotatable bonds is 3. The molecule has 6 heteroatoms. The van der Waals surface area contributed by atoms with E-state index in [2.05, 4.69) is 18.7 Å². The molecule has 6 nitrogen and oxygen atoms in total. The van der Waals surface area contributed by atoms with Gasteiger partial charge in [0.25, 0.3) is 0 Å². The van der Waals surface area contributed by atoms with E-state index < -0.39 is 5.97 Å². The van der Waals surface area contributed by atoms with Gasteiger partial charge in [-0.15, -0.1) is 0 Å². The SMILES string of the molecule is CC1(C)CCN(C(=O)N2CCN(CCC(=O)O)CC2)CC1. The number of likely N-dealkylation sites (tertiary alicyclic amines) is 1. The topological polar surface area (TPSA) is 64.1 Å². The molecule has 1 N–H and O–H groups in total. The molecule has 0 aromatic carbocycles. The molecule has 0 saturated carbocycles. The van der Waals surface area contributed by atoms with Crippen molar-refractivity contribution in [2.75, 3.05) is 45.8 Å². The number of piperidine rings is 1. The molecule has 2 aliphatic heterocycles. The van der Waals surface area contributed by atoms with Gasteiger partial charge in [0.2, 0.25) is 0 Å². The Kier molecular flexibility index (Phi) is 5.08. The maximum absolute atomic E-state index is 12.5. The minimum absolute atomic E-state index is 0.156. The van der Waals surface area contributed by atoms with Crippen molar-refractivity contribution >= 4 is 12.0 Å². The summed E-state index contributed by atoms with van der Waals surface area (Å²) in [7, 11) is 0. The molecular formula is C15H27N3O3. The average molecular weight is 297 g/mol. The largest absolute Gasteiger partial charge is 0.481 e. The van der Waals surface area contributed by atoms with Gasteiger partial charge in [-0.2, -0.15) is 0 Å². The molecule has 0 atom stereocenters. The van der Waals surface area contributed by atoms with Gasteiger partial charge in [0.15, 0.2) is 0 Å². The Morgan fingerprint density at radius 1 is 0.952 bits per heavy atom. The standard InChI is InChI=1S/C15H27N3O3/c1-15(2)4-7-17(8-5-15)14(21)18-11-9-16(10-12-18)6-3-13(19)20/h3-12H2,1-2H3,(H,19,20). The van der Waals surface area contributed by atoms with Gasteiger partial charge < -0.3 is 14.9 Å². The second-order valence-corrected chi connectivity index (χ2v) is 6.91. The second-order valence-electron chi connectivity index (χ2n) is 6.91. The molecule has 2 rings (SSSR count). The van der Waals surface area contributed by atoms with Crippen molar-refractivity contribution in [1.29, 1.82) is 0 Å². The molecule has 0 unspecified atom stereocenters. The van der Waals surface area contributed by atoms with Gasteiger partial charge in [0.1, 0.15) is 0 Å². The van der Waals surface area contributed by atoms with Gasteiger partial charge in [0, 0.05) is 45.8 Å². The van der Waals surface area contributed by atoms with E-state index in [1.807, 2.05) is 9.80 Å². The quantitative estimate of drug-likeness (QED) is 0.853. The summed E-state index contributed by atoms with van der Waals surface area (Å²) in [5.74, 6) is -0.760. The van der Waals surface area contributed by atoms with Crippen LogP contribution >= 0.6 is 0 Å². The first-order valence-corrected chi connectivity index (χ1v) is 7.85. The highest BCUT2D eigenvalue weighted by atomic mass is 16.4. The summed E-state index contributed by atoms with van der Waals surface area (Å²) >= 11 is 0. The number of carbonyl (C=O) groups is 2. The first-order chi connectivity index (χ1) is 9.87. The summed E-state index contributed by atoms with van der Waals surface area (Å²) in [6.45, 7) is 9.77. The first kappa shape index (κ1) is 16.1. The lowest BCUT2D eigenvalue weighted by atomic mass is 9.83. The van der Waals surface area contributed by atoms with Crippen molar-refractivity contribution in [3.63, 3.8) is 0 Å². The van der Waals surface area contributed by atoms with E-state index in [1.54, 1.807) is 0 Å². The van der Waals surface area contributed by atoms with Crippen LogP contribution in [-0.2, 0) is 4.79 Å². The van der Waals surface area contributed by atoms with Crippen molar-refractivity contribution in [1.82, 2.24) is 14.7 Å². The Labute approximate surface area is 126 Å². The summed E-state index contributed by atoms with van der Waals surface area (Å²) in [6.07, 6.45) is 2.31. The Morgan fingerprint density at radius 3 is 2.00 bits per heavy atom. The predicted molar refractivity (Wildman–Crippen MR) is 80.2 cm³/mol. The zero-order valence-corrected chi connectivity index (χ0v) is 13.2. The summed E-state index contributed by atoms with van der Waals surface area (Å²) in [6, 6.07) is 0.156. The van der Waals surface area contributed by atoms with Crippen LogP contribution in [0.1, 0.15) is 33.1 Å². The van der Waals surface area contributed by atoms with Crippen LogP contribution in [0.5, 0.6) is 0 Å². The van der Waals surface area contributed by atoms with Crippen molar-refractivity contribution in [3.05, 3.63) is 0 Å². The number of hydrogen-bond donors (Lipinski definition) is 1. The van der Waals surface area contributed by atoms with Crippen molar-refractivity contribution < 1.29 is 14.7 Å². The van der Waals surface area contributed by atoms with E-state index in [0.29, 0.717) is 25.0 Å². The molecule has 0 aromatic heterocycles. The van der Waals surface area contributed by atoms with E-state index in [1.165, 1.54) is 0 Å². The van der Waals surface area contributed by atoms with E-state index in [0.717, 1.165) is 39.0 Å². The number of nitrogens with zero attached hydrogens (tertiary/aromatic N) is 3.